The molecule has 0 N–H and O–H groups in total. The molecule has 1 saturated heterocycles. The standard InChI is InChI=1S/C14H17NOS/c15-9-13(12-5-2-1-3-6-12)10-17-11-14-7-4-8-16-14/h1-3,5-6,13-14H,4,7-8,10-11H2. The molecule has 0 spiro atoms. The molecule has 1 aromatic carbocycles. The summed E-state index contributed by atoms with van der Waals surface area (Å²) in [6.07, 6.45) is 2.77. The van der Waals surface area contributed by atoms with Crippen molar-refractivity contribution in [1.82, 2.24) is 0 Å². The molecule has 0 saturated carbocycles. The lowest BCUT2D eigenvalue weighted by Crippen LogP contribution is -2.10. The van der Waals surface area contributed by atoms with Gasteiger partial charge in [-0.1, -0.05) is 30.3 Å². The molecule has 0 amide bonds. The van der Waals surface area contributed by atoms with Crippen LogP contribution < -0.4 is 0 Å². The number of ether oxygens (including phenoxy) is 1. The van der Waals surface area contributed by atoms with Gasteiger partial charge >= 0.3 is 0 Å². The molecule has 17 heavy (non-hydrogen) atoms. The Bertz CT molecular complexity index is 368. The summed E-state index contributed by atoms with van der Waals surface area (Å²) in [5.74, 6) is 1.88. The first kappa shape index (κ1) is 12.5. The summed E-state index contributed by atoms with van der Waals surface area (Å²) in [7, 11) is 0. The first-order valence-corrected chi connectivity index (χ1v) is 7.19. The Morgan fingerprint density at radius 3 is 2.88 bits per heavy atom. The molecule has 3 heteroatoms. The highest BCUT2D eigenvalue weighted by Gasteiger charge is 2.17. The van der Waals surface area contributed by atoms with Crippen molar-refractivity contribution in [3.63, 3.8) is 0 Å². The van der Waals surface area contributed by atoms with Crippen LogP contribution in [0.3, 0.4) is 0 Å². The van der Waals surface area contributed by atoms with Crippen LogP contribution in [0, 0.1) is 11.3 Å². The second kappa shape index (κ2) is 6.68. The monoisotopic (exact) mass is 247 g/mol. The quantitative estimate of drug-likeness (QED) is 0.801. The van der Waals surface area contributed by atoms with Crippen molar-refractivity contribution in [3.8, 4) is 6.07 Å². The minimum Gasteiger partial charge on any atom is -0.377 e. The SMILES string of the molecule is N#CC(CSCC1CCCO1)c1ccccc1. The molecule has 1 heterocycles. The zero-order valence-electron chi connectivity index (χ0n) is 9.84. The molecule has 2 rings (SSSR count). The van der Waals surface area contributed by atoms with Crippen LogP contribution in [-0.2, 0) is 4.74 Å². The number of hydrogen-bond acceptors (Lipinski definition) is 3. The third-order valence-electron chi connectivity index (χ3n) is 2.97. The minimum atomic E-state index is 0.00241. The highest BCUT2D eigenvalue weighted by molar-refractivity contribution is 7.99. The summed E-state index contributed by atoms with van der Waals surface area (Å²) >= 11 is 1.83. The fraction of sp³-hybridized carbons (Fsp3) is 0.500. The maximum absolute atomic E-state index is 9.18. The molecule has 1 aliphatic rings. The molecule has 1 fully saturated rings. The highest BCUT2D eigenvalue weighted by atomic mass is 32.2. The molecule has 0 bridgehead atoms. The summed E-state index contributed by atoms with van der Waals surface area (Å²) in [5.41, 5.74) is 1.12. The number of benzene rings is 1. The second-order valence-electron chi connectivity index (χ2n) is 4.26. The molecular weight excluding hydrogens is 230 g/mol. The summed E-state index contributed by atoms with van der Waals surface area (Å²) < 4.78 is 5.57. The van der Waals surface area contributed by atoms with Gasteiger partial charge in [-0.05, 0) is 18.4 Å². The van der Waals surface area contributed by atoms with Gasteiger partial charge in [0.05, 0.1) is 18.1 Å². The predicted molar refractivity (Wildman–Crippen MR) is 71.1 cm³/mol. The predicted octanol–water partition coefficient (Wildman–Crippen LogP) is 3.21. The fourth-order valence-corrected chi connectivity index (χ4v) is 3.15. The van der Waals surface area contributed by atoms with Crippen molar-refractivity contribution >= 4 is 11.8 Å². The first-order chi connectivity index (χ1) is 8.40. The largest absolute Gasteiger partial charge is 0.377 e. The van der Waals surface area contributed by atoms with Gasteiger partial charge in [-0.25, -0.2) is 0 Å². The van der Waals surface area contributed by atoms with E-state index in [1.165, 1.54) is 12.8 Å². The van der Waals surface area contributed by atoms with Gasteiger partial charge in [-0.2, -0.15) is 17.0 Å². The maximum atomic E-state index is 9.18. The lowest BCUT2D eigenvalue weighted by atomic mass is 10.0. The lowest BCUT2D eigenvalue weighted by molar-refractivity contribution is 0.129. The van der Waals surface area contributed by atoms with Crippen LogP contribution in [0.4, 0.5) is 0 Å². The smallest absolute Gasteiger partial charge is 0.0803 e. The van der Waals surface area contributed by atoms with Gasteiger partial charge in [0, 0.05) is 18.1 Å². The summed E-state index contributed by atoms with van der Waals surface area (Å²) in [6.45, 7) is 0.908. The Morgan fingerprint density at radius 2 is 2.24 bits per heavy atom. The Balaban J connectivity index is 1.78. The third kappa shape index (κ3) is 3.76. The van der Waals surface area contributed by atoms with Crippen LogP contribution >= 0.6 is 11.8 Å². The number of hydrogen-bond donors (Lipinski definition) is 0. The van der Waals surface area contributed by atoms with Crippen molar-refractivity contribution in [1.29, 1.82) is 5.26 Å². The molecule has 90 valence electrons. The lowest BCUT2D eigenvalue weighted by Gasteiger charge is -2.11. The van der Waals surface area contributed by atoms with Crippen LogP contribution in [0.15, 0.2) is 30.3 Å². The van der Waals surface area contributed by atoms with Gasteiger partial charge in [0.15, 0.2) is 0 Å². The normalized spacial score (nSPS) is 21.0. The van der Waals surface area contributed by atoms with Crippen LogP contribution in [0.5, 0.6) is 0 Å². The Morgan fingerprint density at radius 1 is 1.41 bits per heavy atom. The van der Waals surface area contributed by atoms with Crippen molar-refractivity contribution in [2.75, 3.05) is 18.1 Å². The molecule has 0 aliphatic carbocycles. The van der Waals surface area contributed by atoms with E-state index < -0.39 is 0 Å². The number of thioether (sulfide) groups is 1. The third-order valence-corrected chi connectivity index (χ3v) is 4.15. The van der Waals surface area contributed by atoms with E-state index in [1.807, 2.05) is 42.1 Å². The van der Waals surface area contributed by atoms with Crippen LogP contribution in [0.1, 0.15) is 24.3 Å². The Labute approximate surface area is 107 Å². The average molecular weight is 247 g/mol. The van der Waals surface area contributed by atoms with Crippen molar-refractivity contribution in [2.45, 2.75) is 24.9 Å². The van der Waals surface area contributed by atoms with Gasteiger partial charge in [-0.3, -0.25) is 0 Å². The summed E-state index contributed by atoms with van der Waals surface area (Å²) in [5, 5.41) is 9.18. The molecular formula is C14H17NOS. The van der Waals surface area contributed by atoms with Crippen molar-refractivity contribution < 1.29 is 4.74 Å². The topological polar surface area (TPSA) is 33.0 Å². The van der Waals surface area contributed by atoms with Crippen molar-refractivity contribution in [2.24, 2.45) is 0 Å². The summed E-state index contributed by atoms with van der Waals surface area (Å²) in [6, 6.07) is 12.4. The fourth-order valence-electron chi connectivity index (χ4n) is 1.99. The van der Waals surface area contributed by atoms with E-state index in [2.05, 4.69) is 6.07 Å². The molecule has 0 aromatic heterocycles. The average Bonchev–Trinajstić information content (AvgIpc) is 2.89. The maximum Gasteiger partial charge on any atom is 0.0803 e. The van der Waals surface area contributed by atoms with Gasteiger partial charge in [0.1, 0.15) is 0 Å². The van der Waals surface area contributed by atoms with E-state index in [1.54, 1.807) is 0 Å². The first-order valence-electron chi connectivity index (χ1n) is 6.04. The van der Waals surface area contributed by atoms with E-state index in [0.29, 0.717) is 6.10 Å². The van der Waals surface area contributed by atoms with E-state index in [9.17, 15) is 5.26 Å². The number of nitriles is 1. The molecule has 2 atom stereocenters. The molecule has 2 nitrogen and oxygen atoms in total. The zero-order valence-corrected chi connectivity index (χ0v) is 10.7. The number of rotatable bonds is 5. The van der Waals surface area contributed by atoms with E-state index in [0.717, 1.165) is 23.7 Å². The second-order valence-corrected chi connectivity index (χ2v) is 5.34. The molecule has 1 aliphatic heterocycles. The van der Waals surface area contributed by atoms with E-state index in [4.69, 9.17) is 4.74 Å². The Hall–Kier alpha value is -0.980. The van der Waals surface area contributed by atoms with Gasteiger partial charge in [-0.15, -0.1) is 0 Å². The van der Waals surface area contributed by atoms with Crippen LogP contribution in [0.25, 0.3) is 0 Å². The molecule has 2 unspecified atom stereocenters. The number of nitrogens with zero attached hydrogens (tertiary/aromatic N) is 1. The molecule has 1 aromatic rings. The van der Waals surface area contributed by atoms with Crippen LogP contribution in [-0.4, -0.2) is 24.2 Å². The summed E-state index contributed by atoms with van der Waals surface area (Å²) in [4.78, 5) is 0. The van der Waals surface area contributed by atoms with E-state index >= 15 is 0 Å². The minimum absolute atomic E-state index is 0.00241. The Kier molecular flexibility index (Phi) is 4.90. The van der Waals surface area contributed by atoms with Crippen molar-refractivity contribution in [3.05, 3.63) is 35.9 Å². The highest BCUT2D eigenvalue weighted by Crippen LogP contribution is 2.23. The van der Waals surface area contributed by atoms with Gasteiger partial charge in [0.25, 0.3) is 0 Å². The van der Waals surface area contributed by atoms with Crippen LogP contribution in [0.2, 0.25) is 0 Å². The van der Waals surface area contributed by atoms with Gasteiger partial charge < -0.3 is 4.74 Å². The molecule has 0 radical (unpaired) electrons. The zero-order chi connectivity index (χ0) is 11.9. The van der Waals surface area contributed by atoms with E-state index in [-0.39, 0.29) is 5.92 Å². The van der Waals surface area contributed by atoms with Gasteiger partial charge in [0.2, 0.25) is 0 Å².